The molecule has 15 heteroatoms. The Morgan fingerprint density at radius 3 is 2.53 bits per heavy atom. The third-order valence-electron chi connectivity index (χ3n) is 8.02. The van der Waals surface area contributed by atoms with E-state index in [1.54, 1.807) is 5.38 Å². The van der Waals surface area contributed by atoms with Crippen molar-refractivity contribution in [3.8, 4) is 5.75 Å². The van der Waals surface area contributed by atoms with Crippen molar-refractivity contribution >= 4 is 50.4 Å². The van der Waals surface area contributed by atoms with E-state index < -0.39 is 10.0 Å². The second-order valence-electron chi connectivity index (χ2n) is 12.4. The van der Waals surface area contributed by atoms with Crippen LogP contribution in [0.15, 0.2) is 26.3 Å². The molecule has 1 atom stereocenters. The van der Waals surface area contributed by atoms with Crippen LogP contribution >= 0.6 is 23.1 Å². The molecule has 5 rings (SSSR count). The summed E-state index contributed by atoms with van der Waals surface area (Å²) in [5, 5.41) is 22.2. The molecule has 2 aliphatic rings. The van der Waals surface area contributed by atoms with Gasteiger partial charge in [-0.3, -0.25) is 0 Å². The predicted octanol–water partition coefficient (Wildman–Crippen LogP) is 4.01. The molecule has 3 aromatic rings. The van der Waals surface area contributed by atoms with Crippen molar-refractivity contribution in [3.63, 3.8) is 0 Å². The first kappa shape index (κ1) is 32.1. The summed E-state index contributed by atoms with van der Waals surface area (Å²) in [5.74, 6) is 1.43. The molecule has 0 amide bonds. The Bertz CT molecular complexity index is 1430. The Morgan fingerprint density at radius 1 is 1.09 bits per heavy atom. The summed E-state index contributed by atoms with van der Waals surface area (Å²) >= 11 is 2.02. The summed E-state index contributed by atoms with van der Waals surface area (Å²) < 4.78 is 42.5. The van der Waals surface area contributed by atoms with E-state index in [9.17, 15) is 13.5 Å². The van der Waals surface area contributed by atoms with Gasteiger partial charge < -0.3 is 35.3 Å². The maximum Gasteiger partial charge on any atom is 0.256 e. The minimum atomic E-state index is -3.79. The molecule has 238 valence electrons. The second-order valence-corrected chi connectivity index (χ2v) is 16.0. The van der Waals surface area contributed by atoms with E-state index in [0.29, 0.717) is 37.8 Å². The molecule has 3 aromatic heterocycles. The lowest BCUT2D eigenvalue weighted by atomic mass is 9.85. The first-order chi connectivity index (χ1) is 20.5. The average Bonchev–Trinajstić information content (AvgIpc) is 3.72. The van der Waals surface area contributed by atoms with Gasteiger partial charge in [0, 0.05) is 57.7 Å². The fraction of sp³-hybridized carbons (Fsp3) is 0.643. The number of hydrogen-bond acceptors (Lipinski definition) is 13. The van der Waals surface area contributed by atoms with Gasteiger partial charge in [0.1, 0.15) is 5.76 Å². The van der Waals surface area contributed by atoms with E-state index in [4.69, 9.17) is 4.42 Å². The first-order valence-corrected chi connectivity index (χ1v) is 17.9. The molecule has 0 aromatic carbocycles. The Morgan fingerprint density at radius 2 is 1.81 bits per heavy atom. The normalized spacial score (nSPS) is 18.6. The van der Waals surface area contributed by atoms with E-state index >= 15 is 0 Å². The number of likely N-dealkylation sites (N-methyl/N-ethyl adjacent to an activating group) is 1. The lowest BCUT2D eigenvalue weighted by Gasteiger charge is -2.32. The van der Waals surface area contributed by atoms with Gasteiger partial charge in [-0.25, -0.2) is 8.42 Å². The molecule has 2 saturated heterocycles. The molecule has 0 spiro atoms. The molecular weight excluding hydrogens is 609 g/mol. The summed E-state index contributed by atoms with van der Waals surface area (Å²) in [7, 11) is -1.61. The maximum absolute atomic E-state index is 13.1. The predicted molar refractivity (Wildman–Crippen MR) is 172 cm³/mol. The van der Waals surface area contributed by atoms with E-state index in [0.717, 1.165) is 74.4 Å². The zero-order valence-electron chi connectivity index (χ0n) is 25.4. The van der Waals surface area contributed by atoms with E-state index in [-0.39, 0.29) is 27.1 Å². The fourth-order valence-corrected chi connectivity index (χ4v) is 8.66. The molecule has 4 N–H and O–H groups in total. The van der Waals surface area contributed by atoms with Gasteiger partial charge in [-0.1, -0.05) is 20.8 Å². The Balaban J connectivity index is 1.22. The number of nitrogens with zero attached hydrogens (tertiary/aromatic N) is 5. The highest BCUT2D eigenvalue weighted by molar-refractivity contribution is 7.91. The molecule has 0 saturated carbocycles. The molecule has 2 aliphatic heterocycles. The van der Waals surface area contributed by atoms with Gasteiger partial charge in [-0.2, -0.15) is 13.1 Å². The van der Waals surface area contributed by atoms with Crippen LogP contribution in [-0.4, -0.2) is 102 Å². The quantitative estimate of drug-likeness (QED) is 0.211. The molecule has 0 radical (unpaired) electrons. The largest absolute Gasteiger partial charge is 0.504 e. The standard InChI is InChI=1S/C28H44N8O4S3/c1-28(2,3)24(22-17-20(18-40-22)7-5-6-10-35-15-13-34(4)14-16-35)31-26-25(32-42-33-26)30-21-19-41-27(23(21)37)43(38,39)36-11-8-29-9-12-36/h17-19,24,29,37H,5-16H2,1-4H3,(H,30,32)(H,31,33)/t24-/m0/s1. The van der Waals surface area contributed by atoms with Crippen molar-refractivity contribution in [3.05, 3.63) is 29.0 Å². The number of sulfonamides is 1. The molecule has 12 nitrogen and oxygen atoms in total. The van der Waals surface area contributed by atoms with E-state index in [1.165, 1.54) is 16.3 Å². The number of thiophene rings is 1. The van der Waals surface area contributed by atoms with Gasteiger partial charge in [-0.15, -0.1) is 11.3 Å². The molecule has 0 unspecified atom stereocenters. The third kappa shape index (κ3) is 7.88. The number of aromatic nitrogens is 2. The molecule has 2 fully saturated rings. The SMILES string of the molecule is CN1CCN(CCCCc2coc([C@H](Nc3nsnc3Nc3csc(S(=O)(=O)N4CCNCC4)c3O)C(C)(C)C)c2)CC1. The summed E-state index contributed by atoms with van der Waals surface area (Å²) in [6, 6.07) is 1.93. The van der Waals surface area contributed by atoms with E-state index in [2.05, 4.69) is 68.4 Å². The highest BCUT2D eigenvalue weighted by Crippen LogP contribution is 2.43. The highest BCUT2D eigenvalue weighted by atomic mass is 32.2. The van der Waals surface area contributed by atoms with Gasteiger partial charge in [0.05, 0.1) is 29.7 Å². The first-order valence-electron chi connectivity index (χ1n) is 14.9. The number of unbranched alkanes of at least 4 members (excludes halogenated alkanes) is 1. The summed E-state index contributed by atoms with van der Waals surface area (Å²) in [4.78, 5) is 4.93. The van der Waals surface area contributed by atoms with E-state index in [1.807, 2.05) is 6.26 Å². The number of piperazine rings is 2. The second kappa shape index (κ2) is 13.8. The highest BCUT2D eigenvalue weighted by Gasteiger charge is 2.33. The minimum absolute atomic E-state index is 0.0752. The van der Waals surface area contributed by atoms with Gasteiger partial charge in [0.15, 0.2) is 21.6 Å². The van der Waals surface area contributed by atoms with Crippen molar-refractivity contribution in [2.75, 3.05) is 76.6 Å². The zero-order valence-corrected chi connectivity index (χ0v) is 27.9. The average molecular weight is 653 g/mol. The van der Waals surface area contributed by atoms with Gasteiger partial charge in [0.25, 0.3) is 10.0 Å². The van der Waals surface area contributed by atoms with Crippen LogP contribution in [0.3, 0.4) is 0 Å². The van der Waals surface area contributed by atoms with Crippen LogP contribution in [0.25, 0.3) is 0 Å². The summed E-state index contributed by atoms with van der Waals surface area (Å²) in [6.07, 6.45) is 5.10. The number of aryl methyl sites for hydroxylation is 1. The molecule has 43 heavy (non-hydrogen) atoms. The summed E-state index contributed by atoms with van der Waals surface area (Å²) in [5.41, 5.74) is 1.24. The minimum Gasteiger partial charge on any atom is -0.504 e. The van der Waals surface area contributed by atoms with Crippen molar-refractivity contribution in [2.24, 2.45) is 5.41 Å². The molecular formula is C28H44N8O4S3. The van der Waals surface area contributed by atoms with Crippen LogP contribution in [0, 0.1) is 5.41 Å². The van der Waals surface area contributed by atoms with Crippen molar-refractivity contribution in [1.82, 2.24) is 28.2 Å². The van der Waals surface area contributed by atoms with Crippen LogP contribution in [-0.2, 0) is 16.4 Å². The van der Waals surface area contributed by atoms with Gasteiger partial charge >= 0.3 is 0 Å². The number of anilines is 3. The number of nitrogens with one attached hydrogen (secondary N) is 3. The van der Waals surface area contributed by atoms with Crippen LogP contribution in [0.1, 0.15) is 51.0 Å². The molecule has 5 heterocycles. The Labute approximate surface area is 262 Å². The topological polar surface area (TPSA) is 139 Å². The lowest BCUT2D eigenvalue weighted by molar-refractivity contribution is 0.152. The Hall–Kier alpha value is -2.27. The van der Waals surface area contributed by atoms with Crippen molar-refractivity contribution < 1.29 is 17.9 Å². The van der Waals surface area contributed by atoms with Crippen LogP contribution < -0.4 is 16.0 Å². The Kier molecular flexibility index (Phi) is 10.3. The summed E-state index contributed by atoms with van der Waals surface area (Å²) in [6.45, 7) is 14.0. The fourth-order valence-electron chi connectivity index (χ4n) is 5.36. The van der Waals surface area contributed by atoms with Crippen molar-refractivity contribution in [2.45, 2.75) is 50.3 Å². The van der Waals surface area contributed by atoms with Crippen LogP contribution in [0.2, 0.25) is 0 Å². The van der Waals surface area contributed by atoms with Crippen LogP contribution in [0.5, 0.6) is 5.75 Å². The zero-order chi connectivity index (χ0) is 30.6. The van der Waals surface area contributed by atoms with Crippen LogP contribution in [0.4, 0.5) is 17.3 Å². The van der Waals surface area contributed by atoms with Crippen molar-refractivity contribution in [1.29, 1.82) is 0 Å². The number of aromatic hydroxyl groups is 1. The smallest absolute Gasteiger partial charge is 0.256 e. The number of furan rings is 1. The maximum atomic E-state index is 13.1. The lowest BCUT2D eigenvalue weighted by Crippen LogP contribution is -2.46. The number of rotatable bonds is 12. The molecule has 0 aliphatic carbocycles. The molecule has 0 bridgehead atoms. The van der Waals surface area contributed by atoms with Gasteiger partial charge in [-0.05, 0) is 49.9 Å². The monoisotopic (exact) mass is 652 g/mol. The third-order valence-corrected chi connectivity index (χ3v) is 11.9. The van der Waals surface area contributed by atoms with Gasteiger partial charge in [0.2, 0.25) is 0 Å². The number of hydrogen-bond donors (Lipinski definition) is 4.